The van der Waals surface area contributed by atoms with Gasteiger partial charge in [-0.25, -0.2) is 17.9 Å². The number of hydrogen-bond acceptors (Lipinski definition) is 7. The van der Waals surface area contributed by atoms with Crippen LogP contribution in [0.3, 0.4) is 0 Å². The van der Waals surface area contributed by atoms with Gasteiger partial charge in [-0.2, -0.15) is 4.39 Å². The van der Waals surface area contributed by atoms with Crippen LogP contribution in [0.5, 0.6) is 11.5 Å². The Bertz CT molecular complexity index is 1330. The van der Waals surface area contributed by atoms with E-state index in [-0.39, 0.29) is 22.8 Å². The molecule has 5 N–H and O–H groups in total. The molecule has 0 aliphatic carbocycles. The molecule has 12 heteroatoms. The van der Waals surface area contributed by atoms with Crippen molar-refractivity contribution in [3.05, 3.63) is 84.4 Å². The van der Waals surface area contributed by atoms with E-state index in [2.05, 4.69) is 14.8 Å². The third kappa shape index (κ3) is 8.46. The average Bonchev–Trinajstić information content (AvgIpc) is 2.90. The molecule has 1 amide bonds. The van der Waals surface area contributed by atoms with Crippen LogP contribution in [-0.2, 0) is 19.6 Å². The van der Waals surface area contributed by atoms with E-state index < -0.39 is 34.3 Å². The van der Waals surface area contributed by atoms with E-state index in [1.54, 1.807) is 18.2 Å². The summed E-state index contributed by atoms with van der Waals surface area (Å²) in [5, 5.41) is 11.4. The van der Waals surface area contributed by atoms with Gasteiger partial charge < -0.3 is 25.6 Å². The Kier molecular flexibility index (Phi) is 10.0. The Hall–Kier alpha value is -4.16. The van der Waals surface area contributed by atoms with E-state index in [0.717, 1.165) is 0 Å². The molecule has 0 fully saturated rings. The molecule has 0 aliphatic rings. The van der Waals surface area contributed by atoms with Crippen LogP contribution in [0.4, 0.5) is 10.1 Å². The number of nitrogens with one attached hydrogen (secondary N) is 2. The smallest absolute Gasteiger partial charge is 0.378 e. The van der Waals surface area contributed by atoms with E-state index in [0.29, 0.717) is 30.9 Å². The molecule has 38 heavy (non-hydrogen) atoms. The van der Waals surface area contributed by atoms with Crippen molar-refractivity contribution >= 4 is 27.6 Å². The van der Waals surface area contributed by atoms with Gasteiger partial charge in [0.25, 0.3) is 0 Å². The fraction of sp³-hybridized carbons (Fsp3) is 0.231. The topological polar surface area (TPSA) is 157 Å². The number of hydrogen-bond donors (Lipinski definition) is 4. The van der Waals surface area contributed by atoms with Crippen LogP contribution in [0.25, 0.3) is 0 Å². The number of benzene rings is 3. The largest absolute Gasteiger partial charge is 0.494 e. The summed E-state index contributed by atoms with van der Waals surface area (Å²) in [7, 11) is -4.03. The summed E-state index contributed by atoms with van der Waals surface area (Å²) < 4.78 is 52.2. The van der Waals surface area contributed by atoms with Gasteiger partial charge in [0, 0.05) is 13.0 Å². The SMILES string of the molecule is Nc1cc(C(CC(=O)NCCCOc2ccccc2)NS(=O)(=O)c2ccccc2)ccc1OC(F)C(=O)O. The van der Waals surface area contributed by atoms with Gasteiger partial charge >= 0.3 is 12.3 Å². The van der Waals surface area contributed by atoms with Crippen molar-refractivity contribution in [2.75, 3.05) is 18.9 Å². The maximum absolute atomic E-state index is 13.5. The van der Waals surface area contributed by atoms with Gasteiger partial charge in [0.1, 0.15) is 11.5 Å². The summed E-state index contributed by atoms with van der Waals surface area (Å²) in [5.41, 5.74) is 6.06. The van der Waals surface area contributed by atoms with Gasteiger partial charge in [0.15, 0.2) is 0 Å². The maximum Gasteiger partial charge on any atom is 0.378 e. The molecule has 3 aromatic carbocycles. The van der Waals surface area contributed by atoms with Crippen LogP contribution in [0, 0.1) is 0 Å². The van der Waals surface area contributed by atoms with Gasteiger partial charge in [-0.15, -0.1) is 0 Å². The molecule has 0 bridgehead atoms. The van der Waals surface area contributed by atoms with Gasteiger partial charge in [0.05, 0.1) is 23.2 Å². The lowest BCUT2D eigenvalue weighted by atomic mass is 10.0. The monoisotopic (exact) mass is 545 g/mol. The molecular weight excluding hydrogens is 517 g/mol. The summed E-state index contributed by atoms with van der Waals surface area (Å²) in [6, 6.07) is 19.7. The number of nitrogens with two attached hydrogens (primary N) is 1. The molecule has 0 saturated carbocycles. The van der Waals surface area contributed by atoms with E-state index in [9.17, 15) is 22.4 Å². The zero-order valence-corrected chi connectivity index (χ0v) is 21.1. The summed E-state index contributed by atoms with van der Waals surface area (Å²) >= 11 is 0. The normalized spacial score (nSPS) is 12.8. The van der Waals surface area contributed by atoms with Crippen LogP contribution in [0.1, 0.15) is 24.4 Å². The number of sulfonamides is 1. The molecule has 0 spiro atoms. The predicted molar refractivity (Wildman–Crippen MR) is 138 cm³/mol. The first-order valence-electron chi connectivity index (χ1n) is 11.6. The number of carboxylic acid groups (broad SMARTS) is 1. The summed E-state index contributed by atoms with van der Waals surface area (Å²) in [6.07, 6.45) is -2.38. The highest BCUT2D eigenvalue weighted by Gasteiger charge is 2.25. The van der Waals surface area contributed by atoms with E-state index >= 15 is 0 Å². The summed E-state index contributed by atoms with van der Waals surface area (Å²) in [4.78, 5) is 23.4. The summed E-state index contributed by atoms with van der Waals surface area (Å²) in [6.45, 7) is 0.671. The van der Waals surface area contributed by atoms with E-state index in [1.807, 2.05) is 30.3 Å². The third-order valence-electron chi connectivity index (χ3n) is 5.26. The van der Waals surface area contributed by atoms with Crippen LogP contribution < -0.4 is 25.2 Å². The number of halogens is 1. The number of alkyl halides is 1. The number of aliphatic carboxylic acids is 1. The fourth-order valence-corrected chi connectivity index (χ4v) is 4.65. The molecule has 0 saturated heterocycles. The quantitative estimate of drug-likeness (QED) is 0.178. The first-order chi connectivity index (χ1) is 18.2. The number of carbonyl (C=O) groups is 2. The minimum Gasteiger partial charge on any atom is -0.494 e. The molecule has 2 unspecified atom stereocenters. The van der Waals surface area contributed by atoms with Crippen molar-refractivity contribution in [1.29, 1.82) is 0 Å². The second-order valence-electron chi connectivity index (χ2n) is 8.13. The van der Waals surface area contributed by atoms with Crippen molar-refractivity contribution in [2.45, 2.75) is 30.1 Å². The zero-order valence-electron chi connectivity index (χ0n) is 20.2. The first-order valence-corrected chi connectivity index (χ1v) is 13.1. The minimum atomic E-state index is -4.03. The second kappa shape index (κ2) is 13.4. The van der Waals surface area contributed by atoms with E-state index in [4.69, 9.17) is 15.6 Å². The maximum atomic E-state index is 13.5. The van der Waals surface area contributed by atoms with Crippen molar-refractivity contribution in [2.24, 2.45) is 0 Å². The Morgan fingerprint density at radius 3 is 2.29 bits per heavy atom. The molecule has 10 nitrogen and oxygen atoms in total. The van der Waals surface area contributed by atoms with Crippen LogP contribution in [-0.4, -0.2) is 44.9 Å². The number of rotatable bonds is 14. The Morgan fingerprint density at radius 1 is 1.00 bits per heavy atom. The molecule has 3 aromatic rings. The Balaban J connectivity index is 1.69. The standard InChI is InChI=1S/C26H28FN3O7S/c27-25(26(32)33)37-23-13-12-18(16-21(23)28)22(30-38(34,35)20-10-5-2-6-11-20)17-24(31)29-14-7-15-36-19-8-3-1-4-9-19/h1-6,8-13,16,22,25,30H,7,14-15,17,28H2,(H,29,31)(H,32,33). The molecule has 0 aliphatic heterocycles. The second-order valence-corrected chi connectivity index (χ2v) is 9.84. The molecule has 0 radical (unpaired) electrons. The molecule has 202 valence electrons. The molecule has 2 atom stereocenters. The van der Waals surface area contributed by atoms with Gasteiger partial charge in [0.2, 0.25) is 15.9 Å². The minimum absolute atomic E-state index is 0.00174. The Labute approximate surface area is 219 Å². The number of carboxylic acids is 1. The van der Waals surface area contributed by atoms with Crippen molar-refractivity contribution < 1.29 is 37.0 Å². The fourth-order valence-electron chi connectivity index (χ4n) is 3.40. The van der Waals surface area contributed by atoms with Crippen molar-refractivity contribution in [1.82, 2.24) is 10.0 Å². The number of anilines is 1. The number of carbonyl (C=O) groups excluding carboxylic acids is 1. The lowest BCUT2D eigenvalue weighted by Gasteiger charge is -2.20. The third-order valence-corrected chi connectivity index (χ3v) is 6.74. The molecule has 0 aromatic heterocycles. The van der Waals surface area contributed by atoms with Gasteiger partial charge in [-0.3, -0.25) is 4.79 Å². The molecular formula is C26H28FN3O7S. The van der Waals surface area contributed by atoms with Crippen LogP contribution in [0.2, 0.25) is 0 Å². The zero-order chi connectivity index (χ0) is 27.5. The first kappa shape index (κ1) is 28.4. The highest BCUT2D eigenvalue weighted by atomic mass is 32.2. The molecule has 0 heterocycles. The number of ether oxygens (including phenoxy) is 2. The van der Waals surface area contributed by atoms with Crippen LogP contribution >= 0.6 is 0 Å². The lowest BCUT2D eigenvalue weighted by Crippen LogP contribution is -2.34. The van der Waals surface area contributed by atoms with Crippen molar-refractivity contribution in [3.63, 3.8) is 0 Å². The number of nitrogen functional groups attached to an aromatic ring is 1. The highest BCUT2D eigenvalue weighted by molar-refractivity contribution is 7.89. The molecule has 3 rings (SSSR count). The Morgan fingerprint density at radius 2 is 1.66 bits per heavy atom. The van der Waals surface area contributed by atoms with Crippen LogP contribution in [0.15, 0.2) is 83.8 Å². The van der Waals surface area contributed by atoms with Gasteiger partial charge in [-0.05, 0) is 48.4 Å². The van der Waals surface area contributed by atoms with Gasteiger partial charge in [-0.1, -0.05) is 42.5 Å². The van der Waals surface area contributed by atoms with E-state index in [1.165, 1.54) is 30.3 Å². The van der Waals surface area contributed by atoms with Crippen molar-refractivity contribution in [3.8, 4) is 11.5 Å². The number of para-hydroxylation sites is 1. The summed E-state index contributed by atoms with van der Waals surface area (Å²) in [5.74, 6) is -1.79. The predicted octanol–water partition coefficient (Wildman–Crippen LogP) is 3.02. The lowest BCUT2D eigenvalue weighted by molar-refractivity contribution is -0.153. The number of amides is 1. The highest BCUT2D eigenvalue weighted by Crippen LogP contribution is 2.29. The average molecular weight is 546 g/mol.